The molecule has 2 rings (SSSR count). The Kier molecular flexibility index (Phi) is 4.53. The SMILES string of the molecule is COc1c(C)cc(C2CC(=S)SS2)cc1C(C)(C)C. The van der Waals surface area contributed by atoms with Gasteiger partial charge < -0.3 is 4.74 Å². The molecule has 0 aliphatic carbocycles. The highest BCUT2D eigenvalue weighted by Gasteiger charge is 2.27. The Morgan fingerprint density at radius 3 is 2.47 bits per heavy atom. The molecule has 1 heterocycles. The fourth-order valence-electron chi connectivity index (χ4n) is 2.32. The van der Waals surface area contributed by atoms with Gasteiger partial charge in [-0.1, -0.05) is 55.9 Å². The van der Waals surface area contributed by atoms with Gasteiger partial charge in [0.2, 0.25) is 0 Å². The van der Waals surface area contributed by atoms with Crippen molar-refractivity contribution in [3.63, 3.8) is 0 Å². The van der Waals surface area contributed by atoms with E-state index < -0.39 is 0 Å². The Balaban J connectivity index is 2.47. The van der Waals surface area contributed by atoms with Crippen LogP contribution in [0.4, 0.5) is 0 Å². The first-order valence-electron chi connectivity index (χ1n) is 6.38. The van der Waals surface area contributed by atoms with Crippen LogP contribution in [0.3, 0.4) is 0 Å². The number of hydrogen-bond donors (Lipinski definition) is 0. The summed E-state index contributed by atoms with van der Waals surface area (Å²) in [6.07, 6.45) is 1.00. The Bertz CT molecular complexity index is 503. The summed E-state index contributed by atoms with van der Waals surface area (Å²) in [4.78, 5) is 0. The van der Waals surface area contributed by atoms with E-state index in [-0.39, 0.29) is 5.41 Å². The highest BCUT2D eigenvalue weighted by atomic mass is 33.1. The van der Waals surface area contributed by atoms with E-state index >= 15 is 0 Å². The fourth-order valence-corrected chi connectivity index (χ4v) is 5.40. The van der Waals surface area contributed by atoms with Crippen LogP contribution in [0.1, 0.15) is 49.1 Å². The standard InChI is InChI=1S/C15H20OS3/c1-9-6-10(12-8-13(17)19-18-12)7-11(14(9)16-5)15(2,3)4/h6-7,12H,8H2,1-5H3. The number of ether oxygens (including phenoxy) is 1. The van der Waals surface area contributed by atoms with E-state index in [1.165, 1.54) is 16.7 Å². The smallest absolute Gasteiger partial charge is 0.125 e. The minimum atomic E-state index is 0.0863. The van der Waals surface area contributed by atoms with E-state index in [0.717, 1.165) is 16.4 Å². The number of aryl methyl sites for hydroxylation is 1. The molecule has 0 N–H and O–H groups in total. The van der Waals surface area contributed by atoms with Crippen molar-refractivity contribution in [2.75, 3.05) is 7.11 Å². The lowest BCUT2D eigenvalue weighted by Crippen LogP contribution is -2.14. The van der Waals surface area contributed by atoms with Crippen LogP contribution in [0.25, 0.3) is 0 Å². The Hall–Kier alpha value is -0.190. The van der Waals surface area contributed by atoms with Crippen molar-refractivity contribution in [3.05, 3.63) is 28.8 Å². The van der Waals surface area contributed by atoms with Crippen LogP contribution in [0.15, 0.2) is 12.1 Å². The van der Waals surface area contributed by atoms with Crippen molar-refractivity contribution in [2.45, 2.75) is 44.8 Å². The molecule has 0 saturated carbocycles. The molecule has 1 aliphatic rings. The third-order valence-corrected chi connectivity index (χ3v) is 6.73. The molecule has 1 saturated heterocycles. The first kappa shape index (κ1) is 15.2. The third-order valence-electron chi connectivity index (χ3n) is 3.29. The van der Waals surface area contributed by atoms with Gasteiger partial charge in [-0.2, -0.15) is 0 Å². The van der Waals surface area contributed by atoms with Gasteiger partial charge in [0.1, 0.15) is 5.75 Å². The van der Waals surface area contributed by atoms with Crippen molar-refractivity contribution in [1.82, 2.24) is 0 Å². The average Bonchev–Trinajstić information content (AvgIpc) is 2.73. The number of hydrogen-bond acceptors (Lipinski definition) is 4. The molecule has 19 heavy (non-hydrogen) atoms. The van der Waals surface area contributed by atoms with E-state index in [2.05, 4.69) is 39.8 Å². The van der Waals surface area contributed by atoms with Gasteiger partial charge >= 0.3 is 0 Å². The second-order valence-electron chi connectivity index (χ2n) is 5.91. The lowest BCUT2D eigenvalue weighted by molar-refractivity contribution is 0.394. The maximum absolute atomic E-state index is 5.60. The normalized spacial score (nSPS) is 19.8. The van der Waals surface area contributed by atoms with Crippen LogP contribution in [0.2, 0.25) is 0 Å². The zero-order valence-electron chi connectivity index (χ0n) is 12.1. The summed E-state index contributed by atoms with van der Waals surface area (Å²) in [6.45, 7) is 8.82. The second-order valence-corrected chi connectivity index (χ2v) is 9.16. The van der Waals surface area contributed by atoms with Crippen molar-refractivity contribution in [2.24, 2.45) is 0 Å². The van der Waals surface area contributed by atoms with E-state index in [1.54, 1.807) is 17.9 Å². The van der Waals surface area contributed by atoms with Gasteiger partial charge in [0.25, 0.3) is 0 Å². The third kappa shape index (κ3) is 3.29. The Morgan fingerprint density at radius 2 is 2.00 bits per heavy atom. The molecular formula is C15H20OS3. The zero-order chi connectivity index (χ0) is 14.2. The van der Waals surface area contributed by atoms with Gasteiger partial charge in [0.05, 0.1) is 11.3 Å². The first-order chi connectivity index (χ1) is 8.82. The zero-order valence-corrected chi connectivity index (χ0v) is 14.5. The summed E-state index contributed by atoms with van der Waals surface area (Å²) >= 11 is 5.30. The number of rotatable bonds is 2. The molecule has 0 aromatic heterocycles. The number of benzene rings is 1. The highest BCUT2D eigenvalue weighted by molar-refractivity contribution is 8.84. The highest BCUT2D eigenvalue weighted by Crippen LogP contribution is 2.51. The Morgan fingerprint density at radius 1 is 1.32 bits per heavy atom. The molecule has 104 valence electrons. The van der Waals surface area contributed by atoms with E-state index in [1.807, 2.05) is 10.8 Å². The quantitative estimate of drug-likeness (QED) is 0.530. The molecule has 4 heteroatoms. The summed E-state index contributed by atoms with van der Waals surface area (Å²) in [5.74, 6) is 1.02. The molecule has 1 fully saturated rings. The van der Waals surface area contributed by atoms with Crippen molar-refractivity contribution >= 4 is 38.0 Å². The van der Waals surface area contributed by atoms with Gasteiger partial charge in [0.15, 0.2) is 0 Å². The molecule has 0 amide bonds. The maximum atomic E-state index is 5.60. The van der Waals surface area contributed by atoms with Crippen LogP contribution in [-0.4, -0.2) is 11.3 Å². The van der Waals surface area contributed by atoms with E-state index in [4.69, 9.17) is 17.0 Å². The molecule has 0 bridgehead atoms. The molecule has 1 aromatic rings. The van der Waals surface area contributed by atoms with Crippen molar-refractivity contribution in [3.8, 4) is 5.75 Å². The van der Waals surface area contributed by atoms with Crippen LogP contribution >= 0.6 is 33.8 Å². The first-order valence-corrected chi connectivity index (χ1v) is 9.00. The average molecular weight is 313 g/mol. The van der Waals surface area contributed by atoms with E-state index in [0.29, 0.717) is 5.25 Å². The predicted molar refractivity (Wildman–Crippen MR) is 91.6 cm³/mol. The summed E-state index contributed by atoms with van der Waals surface area (Å²) in [6, 6.07) is 4.55. The van der Waals surface area contributed by atoms with Gasteiger partial charge in [-0.15, -0.1) is 0 Å². The predicted octanol–water partition coefficient (Wildman–Crippen LogP) is 5.45. The fraction of sp³-hybridized carbons (Fsp3) is 0.533. The largest absolute Gasteiger partial charge is 0.496 e. The summed E-state index contributed by atoms with van der Waals surface area (Å²) in [7, 11) is 5.38. The molecule has 1 aromatic carbocycles. The van der Waals surface area contributed by atoms with Crippen LogP contribution in [0.5, 0.6) is 5.75 Å². The van der Waals surface area contributed by atoms with E-state index in [9.17, 15) is 0 Å². The van der Waals surface area contributed by atoms with Crippen LogP contribution in [0, 0.1) is 6.92 Å². The molecule has 1 atom stereocenters. The monoisotopic (exact) mass is 312 g/mol. The van der Waals surface area contributed by atoms with Gasteiger partial charge in [-0.25, -0.2) is 0 Å². The molecule has 1 unspecified atom stereocenters. The minimum absolute atomic E-state index is 0.0863. The number of methoxy groups -OCH3 is 1. The minimum Gasteiger partial charge on any atom is -0.496 e. The second kappa shape index (κ2) is 5.66. The molecular weight excluding hydrogens is 292 g/mol. The lowest BCUT2D eigenvalue weighted by atomic mass is 9.83. The topological polar surface area (TPSA) is 9.23 Å². The van der Waals surface area contributed by atoms with Crippen LogP contribution in [-0.2, 0) is 5.41 Å². The van der Waals surface area contributed by atoms with Gasteiger partial charge in [0, 0.05) is 17.2 Å². The van der Waals surface area contributed by atoms with Gasteiger partial charge in [-0.3, -0.25) is 0 Å². The molecule has 1 aliphatic heterocycles. The summed E-state index contributed by atoms with van der Waals surface area (Å²) < 4.78 is 6.72. The summed E-state index contributed by atoms with van der Waals surface area (Å²) in [5, 5.41) is 0.489. The Labute approximate surface area is 129 Å². The lowest BCUT2D eigenvalue weighted by Gasteiger charge is -2.25. The molecule has 0 radical (unpaired) electrons. The number of thiocarbonyl (C=S) groups is 1. The summed E-state index contributed by atoms with van der Waals surface area (Å²) in [5.41, 5.74) is 3.96. The van der Waals surface area contributed by atoms with Gasteiger partial charge in [-0.05, 0) is 34.3 Å². The molecule has 0 spiro atoms. The maximum Gasteiger partial charge on any atom is 0.125 e. The van der Waals surface area contributed by atoms with Crippen molar-refractivity contribution in [1.29, 1.82) is 0 Å². The molecule has 1 nitrogen and oxygen atoms in total. The van der Waals surface area contributed by atoms with Crippen molar-refractivity contribution < 1.29 is 4.74 Å². The van der Waals surface area contributed by atoms with Crippen LogP contribution < -0.4 is 4.74 Å².